The first-order valence-corrected chi connectivity index (χ1v) is 4.76. The Kier molecular flexibility index (Phi) is 5.58. The summed E-state index contributed by atoms with van der Waals surface area (Å²) in [4.78, 5) is 0. The molecule has 0 amide bonds. The predicted octanol–water partition coefficient (Wildman–Crippen LogP) is 4.49. The lowest BCUT2D eigenvalue weighted by molar-refractivity contribution is -0.0945. The Balaban J connectivity index is 4.34. The lowest BCUT2D eigenvalue weighted by Gasteiger charge is -2.12. The molecule has 0 saturated carbocycles. The number of unbranched alkanes of at least 4 members (excludes halogenated alkanes) is 1. The number of hydrogen-bond acceptors (Lipinski definition) is 0. The average molecular weight is 206 g/mol. The third-order valence-electron chi connectivity index (χ3n) is 1.75. The summed E-state index contributed by atoms with van der Waals surface area (Å²) in [5.41, 5.74) is -0.408. The van der Waals surface area contributed by atoms with Crippen molar-refractivity contribution in [2.75, 3.05) is 0 Å². The van der Waals surface area contributed by atoms with Crippen molar-refractivity contribution >= 4 is 0 Å². The number of rotatable bonds is 5. The quantitative estimate of drug-likeness (QED) is 0.459. The van der Waals surface area contributed by atoms with Gasteiger partial charge in [0, 0.05) is 5.57 Å². The van der Waals surface area contributed by atoms with Crippen LogP contribution in [0.25, 0.3) is 0 Å². The van der Waals surface area contributed by atoms with Gasteiger partial charge in [0.05, 0.1) is 0 Å². The van der Waals surface area contributed by atoms with E-state index in [0.717, 1.165) is 0 Å². The number of alkyl halides is 3. The Morgan fingerprint density at radius 3 is 2.29 bits per heavy atom. The van der Waals surface area contributed by atoms with Gasteiger partial charge in [-0.1, -0.05) is 26.0 Å². The largest absolute Gasteiger partial charge is 0.412 e. The highest BCUT2D eigenvalue weighted by Gasteiger charge is 2.32. The van der Waals surface area contributed by atoms with Gasteiger partial charge < -0.3 is 0 Å². The van der Waals surface area contributed by atoms with Gasteiger partial charge >= 0.3 is 6.18 Å². The van der Waals surface area contributed by atoms with E-state index in [-0.39, 0.29) is 12.3 Å². The van der Waals surface area contributed by atoms with Crippen LogP contribution in [0.1, 0.15) is 33.1 Å². The Labute approximate surface area is 83.5 Å². The van der Waals surface area contributed by atoms with Gasteiger partial charge in [-0.3, -0.25) is 0 Å². The van der Waals surface area contributed by atoms with Gasteiger partial charge in [-0.2, -0.15) is 13.2 Å². The summed E-state index contributed by atoms with van der Waals surface area (Å²) in [6, 6.07) is 0. The molecule has 0 aliphatic heterocycles. The molecule has 0 heterocycles. The van der Waals surface area contributed by atoms with Crippen LogP contribution >= 0.6 is 0 Å². The third kappa shape index (κ3) is 5.84. The van der Waals surface area contributed by atoms with Crippen LogP contribution in [0.4, 0.5) is 13.2 Å². The molecule has 0 aromatic heterocycles. The molecule has 0 atom stereocenters. The summed E-state index contributed by atoms with van der Waals surface area (Å²) in [7, 11) is 0. The van der Waals surface area contributed by atoms with E-state index in [1.54, 1.807) is 19.9 Å². The van der Waals surface area contributed by atoms with Crippen LogP contribution in [-0.2, 0) is 0 Å². The third-order valence-corrected chi connectivity index (χ3v) is 1.75. The number of hydrogen-bond donors (Lipinski definition) is 0. The maximum atomic E-state index is 12.4. The van der Waals surface area contributed by atoms with Crippen LogP contribution in [0, 0.1) is 5.92 Å². The molecule has 0 radical (unpaired) electrons. The van der Waals surface area contributed by atoms with Gasteiger partial charge in [-0.25, -0.2) is 0 Å². The van der Waals surface area contributed by atoms with Crippen molar-refractivity contribution in [3.8, 4) is 0 Å². The summed E-state index contributed by atoms with van der Waals surface area (Å²) in [5.74, 6) is -0.0599. The zero-order valence-corrected chi connectivity index (χ0v) is 8.69. The molecule has 0 spiro atoms. The van der Waals surface area contributed by atoms with E-state index in [0.29, 0.717) is 12.8 Å². The van der Waals surface area contributed by atoms with Gasteiger partial charge in [-0.15, -0.1) is 6.58 Å². The normalized spacial score (nSPS) is 13.4. The second-order valence-electron chi connectivity index (χ2n) is 3.61. The molecule has 14 heavy (non-hydrogen) atoms. The SMILES string of the molecule is C=CCCC/C(=C\C(C)C)C(F)(F)F. The summed E-state index contributed by atoms with van der Waals surface area (Å²) < 4.78 is 37.2. The summed E-state index contributed by atoms with van der Waals surface area (Å²) in [5, 5.41) is 0. The Bertz CT molecular complexity index is 199. The van der Waals surface area contributed by atoms with Gasteiger partial charge in [0.1, 0.15) is 0 Å². The van der Waals surface area contributed by atoms with Crippen molar-refractivity contribution < 1.29 is 13.2 Å². The fraction of sp³-hybridized carbons (Fsp3) is 0.636. The molecule has 82 valence electrons. The van der Waals surface area contributed by atoms with E-state index < -0.39 is 11.7 Å². The maximum Gasteiger partial charge on any atom is 0.412 e. The van der Waals surface area contributed by atoms with Crippen molar-refractivity contribution in [2.45, 2.75) is 39.3 Å². The van der Waals surface area contributed by atoms with Gasteiger partial charge in [-0.05, 0) is 25.2 Å². The topological polar surface area (TPSA) is 0 Å². The van der Waals surface area contributed by atoms with Crippen molar-refractivity contribution in [3.63, 3.8) is 0 Å². The van der Waals surface area contributed by atoms with E-state index in [1.165, 1.54) is 6.08 Å². The molecule has 0 saturated heterocycles. The molecule has 0 unspecified atom stereocenters. The highest BCUT2D eigenvalue weighted by molar-refractivity contribution is 5.10. The minimum absolute atomic E-state index is 0.0599. The zero-order valence-electron chi connectivity index (χ0n) is 8.69. The van der Waals surface area contributed by atoms with E-state index >= 15 is 0 Å². The molecule has 0 aliphatic carbocycles. The Morgan fingerprint density at radius 2 is 1.93 bits per heavy atom. The standard InChI is InChI=1S/C11H17F3/c1-4-5-6-7-10(8-9(2)3)11(12,13)14/h4,8-9H,1,5-7H2,2-3H3/b10-8+. The van der Waals surface area contributed by atoms with E-state index in [2.05, 4.69) is 6.58 Å². The minimum atomic E-state index is -4.18. The van der Waals surface area contributed by atoms with E-state index in [4.69, 9.17) is 0 Å². The molecule has 0 fully saturated rings. The van der Waals surface area contributed by atoms with Crippen molar-refractivity contribution in [1.29, 1.82) is 0 Å². The molecule has 0 aromatic carbocycles. The zero-order chi connectivity index (χ0) is 11.2. The molecular weight excluding hydrogens is 189 g/mol. The van der Waals surface area contributed by atoms with E-state index in [9.17, 15) is 13.2 Å². The van der Waals surface area contributed by atoms with Crippen LogP contribution in [0.3, 0.4) is 0 Å². The molecule has 0 bridgehead atoms. The molecule has 0 rings (SSSR count). The van der Waals surface area contributed by atoms with Crippen LogP contribution in [0.15, 0.2) is 24.3 Å². The summed E-state index contributed by atoms with van der Waals surface area (Å²) >= 11 is 0. The molecule has 0 aromatic rings. The van der Waals surface area contributed by atoms with Gasteiger partial charge in [0.15, 0.2) is 0 Å². The molecule has 0 nitrogen and oxygen atoms in total. The summed E-state index contributed by atoms with van der Waals surface area (Å²) in [6.45, 7) is 6.98. The first kappa shape index (κ1) is 13.3. The van der Waals surface area contributed by atoms with Crippen molar-refractivity contribution in [2.24, 2.45) is 5.92 Å². The first-order valence-electron chi connectivity index (χ1n) is 4.76. The van der Waals surface area contributed by atoms with Crippen LogP contribution in [0.2, 0.25) is 0 Å². The number of halogens is 3. The monoisotopic (exact) mass is 206 g/mol. The smallest absolute Gasteiger partial charge is 0.166 e. The molecule has 3 heteroatoms. The fourth-order valence-electron chi connectivity index (χ4n) is 1.16. The predicted molar refractivity (Wildman–Crippen MR) is 53.0 cm³/mol. The van der Waals surface area contributed by atoms with Gasteiger partial charge in [0.2, 0.25) is 0 Å². The van der Waals surface area contributed by atoms with Crippen LogP contribution in [-0.4, -0.2) is 6.18 Å². The first-order chi connectivity index (χ1) is 6.38. The van der Waals surface area contributed by atoms with E-state index in [1.807, 2.05) is 0 Å². The highest BCUT2D eigenvalue weighted by Crippen LogP contribution is 2.30. The second-order valence-corrected chi connectivity index (χ2v) is 3.61. The van der Waals surface area contributed by atoms with Crippen molar-refractivity contribution in [3.05, 3.63) is 24.3 Å². The lowest BCUT2D eigenvalue weighted by Crippen LogP contribution is -2.12. The maximum absolute atomic E-state index is 12.4. The van der Waals surface area contributed by atoms with Gasteiger partial charge in [0.25, 0.3) is 0 Å². The molecule has 0 aliphatic rings. The average Bonchev–Trinajstić information content (AvgIpc) is 2.00. The van der Waals surface area contributed by atoms with Crippen molar-refractivity contribution in [1.82, 2.24) is 0 Å². The Morgan fingerprint density at radius 1 is 1.36 bits per heavy atom. The van der Waals surface area contributed by atoms with Crippen LogP contribution < -0.4 is 0 Å². The van der Waals surface area contributed by atoms with Crippen LogP contribution in [0.5, 0.6) is 0 Å². The second kappa shape index (κ2) is 5.89. The Hall–Kier alpha value is -0.730. The molecule has 0 N–H and O–H groups in total. The lowest BCUT2D eigenvalue weighted by atomic mass is 10.0. The highest BCUT2D eigenvalue weighted by atomic mass is 19.4. The molecular formula is C11H17F3. The minimum Gasteiger partial charge on any atom is -0.166 e. The summed E-state index contributed by atoms with van der Waals surface area (Å²) in [6.07, 6.45) is -0.00131. The fourth-order valence-corrected chi connectivity index (χ4v) is 1.16. The number of allylic oxidation sites excluding steroid dienone is 3.